The van der Waals surface area contributed by atoms with Gasteiger partial charge in [-0.1, -0.05) is 26.0 Å². The summed E-state index contributed by atoms with van der Waals surface area (Å²) in [7, 11) is 0. The number of carboxylic acids is 1. The molecular weight excluding hydrogens is 166 g/mol. The molecule has 0 heterocycles. The highest BCUT2D eigenvalue weighted by atomic mass is 16.4. The molecule has 1 atom stereocenters. The molecule has 74 valence electrons. The van der Waals surface area contributed by atoms with Crippen molar-refractivity contribution in [3.8, 4) is 0 Å². The highest BCUT2D eigenvalue weighted by Crippen LogP contribution is 2.06. The Labute approximate surface area is 79.0 Å². The van der Waals surface area contributed by atoms with E-state index in [0.29, 0.717) is 12.1 Å². The Bertz CT molecular complexity index is 209. The SMILES string of the molecule is CCC=CC(C)CC(=N)CC(=O)O. The normalized spacial score (nSPS) is 13.1. The summed E-state index contributed by atoms with van der Waals surface area (Å²) in [6.45, 7) is 4.04. The van der Waals surface area contributed by atoms with Crippen LogP contribution in [0.5, 0.6) is 0 Å². The average Bonchev–Trinajstić information content (AvgIpc) is 1.98. The summed E-state index contributed by atoms with van der Waals surface area (Å²) >= 11 is 0. The van der Waals surface area contributed by atoms with E-state index in [4.69, 9.17) is 10.5 Å². The molecule has 0 aromatic carbocycles. The van der Waals surface area contributed by atoms with E-state index in [1.165, 1.54) is 0 Å². The molecule has 3 nitrogen and oxygen atoms in total. The number of allylic oxidation sites excluding steroid dienone is 2. The topological polar surface area (TPSA) is 61.2 Å². The lowest BCUT2D eigenvalue weighted by Gasteiger charge is -2.05. The molecule has 0 amide bonds. The van der Waals surface area contributed by atoms with Crippen molar-refractivity contribution in [3.63, 3.8) is 0 Å². The van der Waals surface area contributed by atoms with Crippen LogP contribution in [0.1, 0.15) is 33.1 Å². The van der Waals surface area contributed by atoms with Crippen molar-refractivity contribution in [2.24, 2.45) is 5.92 Å². The molecule has 0 aliphatic heterocycles. The van der Waals surface area contributed by atoms with Crippen molar-refractivity contribution in [3.05, 3.63) is 12.2 Å². The molecule has 2 N–H and O–H groups in total. The van der Waals surface area contributed by atoms with E-state index in [-0.39, 0.29) is 12.3 Å². The third-order valence-electron chi connectivity index (χ3n) is 1.63. The van der Waals surface area contributed by atoms with E-state index >= 15 is 0 Å². The van der Waals surface area contributed by atoms with Crippen LogP contribution in [0.2, 0.25) is 0 Å². The first-order valence-corrected chi connectivity index (χ1v) is 4.51. The number of hydrogen-bond donors (Lipinski definition) is 2. The van der Waals surface area contributed by atoms with Gasteiger partial charge in [0.25, 0.3) is 0 Å². The smallest absolute Gasteiger partial charge is 0.309 e. The molecule has 0 spiro atoms. The summed E-state index contributed by atoms with van der Waals surface area (Å²) in [6.07, 6.45) is 5.46. The highest BCUT2D eigenvalue weighted by molar-refractivity contribution is 5.96. The summed E-state index contributed by atoms with van der Waals surface area (Å²) in [6, 6.07) is 0. The van der Waals surface area contributed by atoms with Gasteiger partial charge in [-0.15, -0.1) is 0 Å². The Kier molecular flexibility index (Phi) is 5.85. The van der Waals surface area contributed by atoms with Crippen LogP contribution in [-0.2, 0) is 4.79 Å². The van der Waals surface area contributed by atoms with Crippen molar-refractivity contribution in [2.45, 2.75) is 33.1 Å². The molecule has 0 saturated carbocycles. The third-order valence-corrected chi connectivity index (χ3v) is 1.63. The Morgan fingerprint density at radius 1 is 1.62 bits per heavy atom. The monoisotopic (exact) mass is 183 g/mol. The van der Waals surface area contributed by atoms with Crippen LogP contribution >= 0.6 is 0 Å². The van der Waals surface area contributed by atoms with Gasteiger partial charge >= 0.3 is 5.97 Å². The Morgan fingerprint density at radius 3 is 2.69 bits per heavy atom. The first-order valence-electron chi connectivity index (χ1n) is 4.51. The molecule has 0 bridgehead atoms. The van der Waals surface area contributed by atoms with Gasteiger partial charge < -0.3 is 10.5 Å². The number of carbonyl (C=O) groups is 1. The lowest BCUT2D eigenvalue weighted by molar-refractivity contribution is -0.135. The number of rotatable bonds is 6. The summed E-state index contributed by atoms with van der Waals surface area (Å²) in [5.41, 5.74) is 0.292. The van der Waals surface area contributed by atoms with E-state index in [2.05, 4.69) is 0 Å². The minimum absolute atomic E-state index is 0.135. The molecule has 0 aliphatic rings. The summed E-state index contributed by atoms with van der Waals surface area (Å²) < 4.78 is 0. The summed E-state index contributed by atoms with van der Waals surface area (Å²) in [5, 5.41) is 15.8. The fraction of sp³-hybridized carbons (Fsp3) is 0.600. The molecule has 13 heavy (non-hydrogen) atoms. The Hall–Kier alpha value is -1.12. The maximum atomic E-state index is 10.2. The van der Waals surface area contributed by atoms with Gasteiger partial charge in [0.1, 0.15) is 0 Å². The molecule has 0 rings (SSSR count). The van der Waals surface area contributed by atoms with Crippen LogP contribution in [0.15, 0.2) is 12.2 Å². The van der Waals surface area contributed by atoms with Gasteiger partial charge in [-0.05, 0) is 18.8 Å². The lowest BCUT2D eigenvalue weighted by atomic mass is 10.0. The summed E-state index contributed by atoms with van der Waals surface area (Å²) in [4.78, 5) is 10.2. The van der Waals surface area contributed by atoms with Gasteiger partial charge in [-0.25, -0.2) is 0 Å². The molecule has 0 aliphatic carbocycles. The maximum Gasteiger partial charge on any atom is 0.309 e. The molecule has 0 saturated heterocycles. The molecule has 0 aromatic rings. The number of nitrogens with one attached hydrogen (secondary N) is 1. The van der Waals surface area contributed by atoms with Crippen molar-refractivity contribution in [1.82, 2.24) is 0 Å². The second-order valence-electron chi connectivity index (χ2n) is 3.19. The van der Waals surface area contributed by atoms with E-state index in [1.54, 1.807) is 0 Å². The van der Waals surface area contributed by atoms with Crippen LogP contribution in [-0.4, -0.2) is 16.8 Å². The van der Waals surface area contributed by atoms with E-state index < -0.39 is 5.97 Å². The van der Waals surface area contributed by atoms with E-state index in [9.17, 15) is 4.79 Å². The molecule has 0 fully saturated rings. The fourth-order valence-corrected chi connectivity index (χ4v) is 1.08. The zero-order valence-corrected chi connectivity index (χ0v) is 8.21. The van der Waals surface area contributed by atoms with Crippen molar-refractivity contribution in [1.29, 1.82) is 5.41 Å². The van der Waals surface area contributed by atoms with Crippen molar-refractivity contribution in [2.75, 3.05) is 0 Å². The zero-order chi connectivity index (χ0) is 10.3. The molecule has 1 unspecified atom stereocenters. The van der Waals surface area contributed by atoms with Gasteiger partial charge in [0.2, 0.25) is 0 Å². The molecule has 0 aromatic heterocycles. The predicted molar refractivity (Wildman–Crippen MR) is 53.2 cm³/mol. The van der Waals surface area contributed by atoms with Crippen molar-refractivity contribution >= 4 is 11.7 Å². The largest absolute Gasteiger partial charge is 0.481 e. The van der Waals surface area contributed by atoms with Crippen molar-refractivity contribution < 1.29 is 9.90 Å². The number of aliphatic carboxylic acids is 1. The Morgan fingerprint density at radius 2 is 2.23 bits per heavy atom. The van der Waals surface area contributed by atoms with Gasteiger partial charge in [0.05, 0.1) is 6.42 Å². The minimum Gasteiger partial charge on any atom is -0.481 e. The summed E-state index contributed by atoms with van der Waals surface area (Å²) in [5.74, 6) is -0.650. The first-order chi connectivity index (χ1) is 6.06. The number of hydrogen-bond acceptors (Lipinski definition) is 2. The second-order valence-corrected chi connectivity index (χ2v) is 3.19. The van der Waals surface area contributed by atoms with Crippen LogP contribution in [0.4, 0.5) is 0 Å². The predicted octanol–water partition coefficient (Wildman–Crippen LogP) is 2.47. The van der Waals surface area contributed by atoms with Crippen LogP contribution in [0.25, 0.3) is 0 Å². The van der Waals surface area contributed by atoms with Gasteiger partial charge in [-0.3, -0.25) is 4.79 Å². The second kappa shape index (κ2) is 6.40. The molecular formula is C10H17NO2. The van der Waals surface area contributed by atoms with Crippen LogP contribution in [0.3, 0.4) is 0 Å². The average molecular weight is 183 g/mol. The quantitative estimate of drug-likeness (QED) is 0.491. The van der Waals surface area contributed by atoms with Gasteiger partial charge in [0, 0.05) is 5.71 Å². The standard InChI is InChI=1S/C10H17NO2/c1-3-4-5-8(2)6-9(11)7-10(12)13/h4-5,8,11H,3,6-7H2,1-2H3,(H,12,13). The zero-order valence-electron chi connectivity index (χ0n) is 8.21. The Balaban J connectivity index is 3.78. The highest BCUT2D eigenvalue weighted by Gasteiger charge is 2.06. The maximum absolute atomic E-state index is 10.2. The van der Waals surface area contributed by atoms with Gasteiger partial charge in [-0.2, -0.15) is 0 Å². The lowest BCUT2D eigenvalue weighted by Crippen LogP contribution is -2.08. The van der Waals surface area contributed by atoms with Gasteiger partial charge in [0.15, 0.2) is 0 Å². The molecule has 0 radical (unpaired) electrons. The van der Waals surface area contributed by atoms with E-state index in [1.807, 2.05) is 26.0 Å². The molecule has 3 heteroatoms. The third kappa shape index (κ3) is 7.25. The van der Waals surface area contributed by atoms with Crippen LogP contribution < -0.4 is 0 Å². The minimum atomic E-state index is -0.920. The van der Waals surface area contributed by atoms with E-state index in [0.717, 1.165) is 6.42 Å². The number of carboxylic acid groups (broad SMARTS) is 1. The van der Waals surface area contributed by atoms with Crippen LogP contribution in [0, 0.1) is 11.3 Å². The first kappa shape index (κ1) is 11.9. The fourth-order valence-electron chi connectivity index (χ4n) is 1.08.